The van der Waals surface area contributed by atoms with Crippen LogP contribution in [0.15, 0.2) is 5.16 Å². The van der Waals surface area contributed by atoms with Crippen LogP contribution in [0.5, 0.6) is 0 Å². The van der Waals surface area contributed by atoms with Crippen LogP contribution in [0.1, 0.15) is 23.4 Å². The number of carbonyl (C=O) groups excluding carboxylic acids is 1. The lowest BCUT2D eigenvalue weighted by molar-refractivity contribution is -0.129. The number of anilines is 1. The average Bonchev–Trinajstić information content (AvgIpc) is 3.02. The van der Waals surface area contributed by atoms with Crippen molar-refractivity contribution in [2.24, 2.45) is 5.16 Å². The van der Waals surface area contributed by atoms with Gasteiger partial charge in [0.15, 0.2) is 10.8 Å². The first-order valence-electron chi connectivity index (χ1n) is 5.89. The van der Waals surface area contributed by atoms with Crippen LogP contribution < -0.4 is 5.32 Å². The molecule has 3 rings (SSSR count). The number of carbonyl (C=O) groups is 2. The number of thiazole rings is 1. The molecule has 1 aliphatic carbocycles. The zero-order chi connectivity index (χ0) is 13.4. The molecule has 0 bridgehead atoms. The predicted molar refractivity (Wildman–Crippen MR) is 67.3 cm³/mol. The lowest BCUT2D eigenvalue weighted by Crippen LogP contribution is -2.28. The molecule has 0 aromatic carbocycles. The number of carboxylic acid groups (broad SMARTS) is 1. The number of amides is 1. The molecule has 0 spiro atoms. The number of aliphatic carboxylic acids is 1. The topological polar surface area (TPSA) is 101 Å². The summed E-state index contributed by atoms with van der Waals surface area (Å²) in [5.41, 5.74) is 0.914. The Balaban J connectivity index is 1.61. The molecule has 100 valence electrons. The number of nitrogens with one attached hydrogen (secondary N) is 1. The molecule has 2 heterocycles. The Morgan fingerprint density at radius 2 is 2.26 bits per heavy atom. The number of rotatable bonds is 3. The van der Waals surface area contributed by atoms with E-state index in [0.717, 1.165) is 25.0 Å². The maximum atomic E-state index is 11.9. The average molecular weight is 281 g/mol. The minimum Gasteiger partial charge on any atom is -0.477 e. The van der Waals surface area contributed by atoms with Crippen molar-refractivity contribution in [3.8, 4) is 0 Å². The maximum absolute atomic E-state index is 11.9. The highest BCUT2D eigenvalue weighted by molar-refractivity contribution is 7.15. The monoisotopic (exact) mass is 281 g/mol. The number of hydrogen-bond acceptors (Lipinski definition) is 6. The van der Waals surface area contributed by atoms with Gasteiger partial charge in [-0.05, 0) is 19.3 Å². The van der Waals surface area contributed by atoms with Gasteiger partial charge in [-0.25, -0.2) is 9.78 Å². The third-order valence-electron chi connectivity index (χ3n) is 3.03. The van der Waals surface area contributed by atoms with Gasteiger partial charge in [0, 0.05) is 11.3 Å². The SMILES string of the molecule is O=C(O)C1=NOC(C(=O)Nc2nc3c(s2)CCC3)C1. The van der Waals surface area contributed by atoms with E-state index in [9.17, 15) is 9.59 Å². The van der Waals surface area contributed by atoms with E-state index >= 15 is 0 Å². The fraction of sp³-hybridized carbons (Fsp3) is 0.455. The predicted octanol–water partition coefficient (Wildman–Crippen LogP) is 0.800. The summed E-state index contributed by atoms with van der Waals surface area (Å²) in [5, 5.41) is 15.3. The quantitative estimate of drug-likeness (QED) is 0.853. The summed E-state index contributed by atoms with van der Waals surface area (Å²) >= 11 is 1.46. The van der Waals surface area contributed by atoms with E-state index in [1.54, 1.807) is 0 Å². The molecule has 0 radical (unpaired) electrons. The van der Waals surface area contributed by atoms with E-state index in [-0.39, 0.29) is 12.1 Å². The van der Waals surface area contributed by atoms with E-state index in [4.69, 9.17) is 9.94 Å². The zero-order valence-corrected chi connectivity index (χ0v) is 10.7. The van der Waals surface area contributed by atoms with Crippen LogP contribution in [0, 0.1) is 0 Å². The summed E-state index contributed by atoms with van der Waals surface area (Å²) in [6.07, 6.45) is 2.17. The van der Waals surface area contributed by atoms with Gasteiger partial charge in [-0.3, -0.25) is 10.1 Å². The molecule has 0 fully saturated rings. The molecule has 1 unspecified atom stereocenters. The van der Waals surface area contributed by atoms with Gasteiger partial charge in [-0.15, -0.1) is 11.3 Å². The van der Waals surface area contributed by atoms with Crippen molar-refractivity contribution >= 4 is 34.1 Å². The molecule has 1 aromatic rings. The van der Waals surface area contributed by atoms with Gasteiger partial charge in [-0.2, -0.15) is 0 Å². The van der Waals surface area contributed by atoms with Crippen molar-refractivity contribution in [2.45, 2.75) is 31.8 Å². The number of nitrogens with zero attached hydrogens (tertiary/aromatic N) is 2. The second-order valence-corrected chi connectivity index (χ2v) is 5.46. The van der Waals surface area contributed by atoms with Gasteiger partial charge in [0.1, 0.15) is 0 Å². The Morgan fingerprint density at radius 3 is 2.95 bits per heavy atom. The third-order valence-corrected chi connectivity index (χ3v) is 4.11. The molecule has 2 aliphatic rings. The minimum atomic E-state index is -1.16. The van der Waals surface area contributed by atoms with Crippen molar-refractivity contribution in [1.29, 1.82) is 0 Å². The smallest absolute Gasteiger partial charge is 0.353 e. The molecule has 1 atom stereocenters. The normalized spacial score (nSPS) is 20.6. The molecular formula is C11H11N3O4S. The lowest BCUT2D eigenvalue weighted by atomic mass is 10.2. The molecular weight excluding hydrogens is 270 g/mol. The van der Waals surface area contributed by atoms with Gasteiger partial charge in [-0.1, -0.05) is 5.16 Å². The molecule has 2 N–H and O–H groups in total. The highest BCUT2D eigenvalue weighted by atomic mass is 32.1. The molecule has 0 saturated heterocycles. The van der Waals surface area contributed by atoms with Crippen LogP contribution in [-0.4, -0.2) is 33.8 Å². The third kappa shape index (κ3) is 2.30. The largest absolute Gasteiger partial charge is 0.477 e. The highest BCUT2D eigenvalue weighted by Gasteiger charge is 2.32. The first kappa shape index (κ1) is 12.1. The summed E-state index contributed by atoms with van der Waals surface area (Å²) in [6.45, 7) is 0. The van der Waals surface area contributed by atoms with Crippen molar-refractivity contribution in [3.63, 3.8) is 0 Å². The fourth-order valence-corrected chi connectivity index (χ4v) is 3.13. The van der Waals surface area contributed by atoms with Gasteiger partial charge >= 0.3 is 5.97 Å². The van der Waals surface area contributed by atoms with Crippen LogP contribution in [0.25, 0.3) is 0 Å². The standard InChI is InChI=1S/C11H11N3O4S/c15-9(7-4-6(10(16)17)14-18-7)13-11-12-5-2-1-3-8(5)19-11/h7H,1-4H2,(H,16,17)(H,12,13,15). The van der Waals surface area contributed by atoms with Crippen LogP contribution in [0.2, 0.25) is 0 Å². The molecule has 1 aliphatic heterocycles. The summed E-state index contributed by atoms with van der Waals surface area (Å²) in [5.74, 6) is -1.57. The van der Waals surface area contributed by atoms with Crippen LogP contribution in [0.4, 0.5) is 5.13 Å². The molecule has 0 saturated carbocycles. The van der Waals surface area contributed by atoms with Gasteiger partial charge in [0.25, 0.3) is 5.91 Å². The van der Waals surface area contributed by atoms with Crippen molar-refractivity contribution in [3.05, 3.63) is 10.6 Å². The molecule has 8 heteroatoms. The van der Waals surface area contributed by atoms with Crippen LogP contribution in [0.3, 0.4) is 0 Å². The highest BCUT2D eigenvalue weighted by Crippen LogP contribution is 2.30. The van der Waals surface area contributed by atoms with E-state index < -0.39 is 18.0 Å². The Labute approximate surface area is 112 Å². The van der Waals surface area contributed by atoms with Crippen molar-refractivity contribution < 1.29 is 19.5 Å². The fourth-order valence-electron chi connectivity index (χ4n) is 2.07. The van der Waals surface area contributed by atoms with Gasteiger partial charge in [0.05, 0.1) is 5.69 Å². The summed E-state index contributed by atoms with van der Waals surface area (Å²) < 4.78 is 0. The van der Waals surface area contributed by atoms with Gasteiger partial charge < -0.3 is 9.94 Å². The molecule has 1 amide bonds. The van der Waals surface area contributed by atoms with Gasteiger partial charge in [0.2, 0.25) is 6.10 Å². The minimum absolute atomic E-state index is 0.0216. The summed E-state index contributed by atoms with van der Waals surface area (Å²) in [7, 11) is 0. The summed E-state index contributed by atoms with van der Waals surface area (Å²) in [4.78, 5) is 32.9. The number of hydrogen-bond donors (Lipinski definition) is 2. The second kappa shape index (κ2) is 4.61. The van der Waals surface area contributed by atoms with E-state index in [2.05, 4.69) is 15.5 Å². The van der Waals surface area contributed by atoms with Crippen molar-refractivity contribution in [2.75, 3.05) is 5.32 Å². The van der Waals surface area contributed by atoms with E-state index in [1.807, 2.05) is 0 Å². The number of oxime groups is 1. The van der Waals surface area contributed by atoms with E-state index in [0.29, 0.717) is 5.13 Å². The first-order chi connectivity index (χ1) is 9.13. The number of fused-ring (bicyclic) bond motifs is 1. The number of carboxylic acids is 1. The molecule has 7 nitrogen and oxygen atoms in total. The zero-order valence-electron chi connectivity index (χ0n) is 9.88. The first-order valence-corrected chi connectivity index (χ1v) is 6.70. The van der Waals surface area contributed by atoms with E-state index in [1.165, 1.54) is 16.2 Å². The Hall–Kier alpha value is -1.96. The maximum Gasteiger partial charge on any atom is 0.353 e. The Kier molecular flexibility index (Phi) is 2.94. The number of aryl methyl sites for hydroxylation is 2. The van der Waals surface area contributed by atoms with Crippen LogP contribution >= 0.6 is 11.3 Å². The molecule has 1 aromatic heterocycles. The Morgan fingerprint density at radius 1 is 1.42 bits per heavy atom. The Bertz CT molecular complexity index is 559. The second-order valence-electron chi connectivity index (χ2n) is 4.37. The number of aromatic nitrogens is 1. The molecule has 19 heavy (non-hydrogen) atoms. The van der Waals surface area contributed by atoms with Crippen LogP contribution in [-0.2, 0) is 27.3 Å². The lowest BCUT2D eigenvalue weighted by Gasteiger charge is -2.06. The summed E-state index contributed by atoms with van der Waals surface area (Å²) in [6, 6.07) is 0. The van der Waals surface area contributed by atoms with Crippen molar-refractivity contribution in [1.82, 2.24) is 4.98 Å².